The lowest BCUT2D eigenvalue weighted by atomic mass is 10.3. The molecule has 4 nitrogen and oxygen atoms in total. The van der Waals surface area contributed by atoms with Gasteiger partial charge in [-0.25, -0.2) is 0 Å². The van der Waals surface area contributed by atoms with Gasteiger partial charge in [0.1, 0.15) is 16.8 Å². The van der Waals surface area contributed by atoms with Crippen LogP contribution in [0.5, 0.6) is 0 Å². The third-order valence-electron chi connectivity index (χ3n) is 2.00. The first-order valence-electron chi connectivity index (χ1n) is 4.74. The van der Waals surface area contributed by atoms with Crippen molar-refractivity contribution in [3.8, 4) is 10.7 Å². The number of hydrogen-bond donors (Lipinski definition) is 1. The summed E-state index contributed by atoms with van der Waals surface area (Å²) in [5, 5.41) is 18.9. The molecule has 0 aliphatic rings. The quantitative estimate of drug-likeness (QED) is 0.861. The van der Waals surface area contributed by atoms with E-state index in [0.717, 1.165) is 10.7 Å². The number of nitrogens with zero attached hydrogens (tertiary/aromatic N) is 3. The molecule has 1 unspecified atom stereocenters. The van der Waals surface area contributed by atoms with E-state index in [-0.39, 0.29) is 0 Å². The van der Waals surface area contributed by atoms with Crippen LogP contribution in [0.4, 0.5) is 0 Å². The van der Waals surface area contributed by atoms with Crippen molar-refractivity contribution in [2.45, 2.75) is 19.4 Å². The van der Waals surface area contributed by atoms with Gasteiger partial charge < -0.3 is 5.11 Å². The molecular weight excluding hydrogens is 210 g/mol. The second kappa shape index (κ2) is 4.46. The molecule has 5 heteroatoms. The topological polar surface area (TPSA) is 58.9 Å². The Balaban J connectivity index is 2.28. The van der Waals surface area contributed by atoms with Crippen LogP contribution < -0.4 is 0 Å². The summed E-state index contributed by atoms with van der Waals surface area (Å²) >= 11 is 1.38. The van der Waals surface area contributed by atoms with Gasteiger partial charge in [-0.1, -0.05) is 24.3 Å². The number of hydrogen-bond acceptors (Lipinski definition) is 5. The average molecular weight is 221 g/mol. The Morgan fingerprint density at radius 2 is 2.27 bits per heavy atom. The second-order valence-electron chi connectivity index (χ2n) is 3.08. The predicted octanol–water partition coefficient (Wildman–Crippen LogP) is 2.04. The van der Waals surface area contributed by atoms with Gasteiger partial charge in [0.05, 0.1) is 0 Å². The van der Waals surface area contributed by atoms with Gasteiger partial charge in [-0.05, 0) is 18.6 Å². The zero-order valence-electron chi connectivity index (χ0n) is 8.29. The molecule has 1 atom stereocenters. The average Bonchev–Trinajstić information content (AvgIpc) is 2.78. The molecule has 0 aliphatic heterocycles. The summed E-state index contributed by atoms with van der Waals surface area (Å²) in [6.45, 7) is 1.91. The van der Waals surface area contributed by atoms with Crippen LogP contribution in [0.3, 0.4) is 0 Å². The number of aliphatic hydroxyl groups is 1. The van der Waals surface area contributed by atoms with Gasteiger partial charge >= 0.3 is 0 Å². The van der Waals surface area contributed by atoms with Crippen molar-refractivity contribution in [2.75, 3.05) is 0 Å². The van der Waals surface area contributed by atoms with Gasteiger partial charge in [-0.15, -0.1) is 10.2 Å². The normalized spacial score (nSPS) is 12.7. The van der Waals surface area contributed by atoms with E-state index in [1.807, 2.05) is 25.1 Å². The molecule has 0 aromatic carbocycles. The van der Waals surface area contributed by atoms with Crippen LogP contribution in [0.2, 0.25) is 0 Å². The summed E-state index contributed by atoms with van der Waals surface area (Å²) in [6, 6.07) is 5.63. The maximum absolute atomic E-state index is 9.58. The SMILES string of the molecule is CCC(O)c1nnc(-c2ccccn2)s1. The maximum atomic E-state index is 9.58. The molecule has 78 valence electrons. The van der Waals surface area contributed by atoms with E-state index in [2.05, 4.69) is 15.2 Å². The van der Waals surface area contributed by atoms with E-state index in [4.69, 9.17) is 0 Å². The van der Waals surface area contributed by atoms with Gasteiger partial charge in [-0.3, -0.25) is 4.98 Å². The molecule has 0 aliphatic carbocycles. The van der Waals surface area contributed by atoms with Crippen LogP contribution in [0.1, 0.15) is 24.5 Å². The minimum atomic E-state index is -0.514. The van der Waals surface area contributed by atoms with Crippen molar-refractivity contribution in [1.29, 1.82) is 0 Å². The van der Waals surface area contributed by atoms with Crippen LogP contribution in [0.15, 0.2) is 24.4 Å². The molecule has 0 spiro atoms. The Morgan fingerprint density at radius 1 is 1.40 bits per heavy atom. The highest BCUT2D eigenvalue weighted by atomic mass is 32.1. The number of pyridine rings is 1. The highest BCUT2D eigenvalue weighted by Crippen LogP contribution is 2.26. The van der Waals surface area contributed by atoms with E-state index in [9.17, 15) is 5.11 Å². The fourth-order valence-electron chi connectivity index (χ4n) is 1.14. The molecule has 15 heavy (non-hydrogen) atoms. The van der Waals surface area contributed by atoms with Gasteiger partial charge in [0, 0.05) is 6.20 Å². The lowest BCUT2D eigenvalue weighted by molar-refractivity contribution is 0.172. The number of aromatic nitrogens is 3. The first kappa shape index (κ1) is 10.2. The molecule has 2 aromatic rings. The Bertz CT molecular complexity index is 429. The highest BCUT2D eigenvalue weighted by Gasteiger charge is 2.12. The molecule has 1 N–H and O–H groups in total. The molecule has 0 saturated carbocycles. The van der Waals surface area contributed by atoms with Crippen molar-refractivity contribution in [1.82, 2.24) is 15.2 Å². The summed E-state index contributed by atoms with van der Waals surface area (Å²) in [6.07, 6.45) is 1.85. The van der Waals surface area contributed by atoms with Crippen molar-refractivity contribution < 1.29 is 5.11 Å². The monoisotopic (exact) mass is 221 g/mol. The van der Waals surface area contributed by atoms with Crippen molar-refractivity contribution in [3.63, 3.8) is 0 Å². The summed E-state index contributed by atoms with van der Waals surface area (Å²) in [5.74, 6) is 0. The van der Waals surface area contributed by atoms with E-state index >= 15 is 0 Å². The zero-order chi connectivity index (χ0) is 10.7. The summed E-state index contributed by atoms with van der Waals surface area (Å²) in [4.78, 5) is 4.17. The molecule has 0 fully saturated rings. The Morgan fingerprint density at radius 3 is 2.93 bits per heavy atom. The fraction of sp³-hybridized carbons (Fsp3) is 0.300. The molecule has 0 saturated heterocycles. The van der Waals surface area contributed by atoms with Gasteiger partial charge in [0.25, 0.3) is 0 Å². The predicted molar refractivity (Wildman–Crippen MR) is 58.4 cm³/mol. The molecule has 0 radical (unpaired) electrons. The first-order valence-corrected chi connectivity index (χ1v) is 5.55. The van der Waals surface area contributed by atoms with Crippen LogP contribution in [0, 0.1) is 0 Å². The molecule has 2 rings (SSSR count). The molecular formula is C10H11N3OS. The molecule has 0 amide bonds. The Hall–Kier alpha value is -1.33. The van der Waals surface area contributed by atoms with Crippen LogP contribution in [0.25, 0.3) is 10.7 Å². The summed E-state index contributed by atoms with van der Waals surface area (Å²) in [5.41, 5.74) is 0.796. The first-order chi connectivity index (χ1) is 7.31. The standard InChI is InChI=1S/C10H11N3OS/c1-2-8(14)10-13-12-9(15-10)7-5-3-4-6-11-7/h3-6,8,14H,2H2,1H3. The van der Waals surface area contributed by atoms with Crippen LogP contribution in [-0.2, 0) is 0 Å². The van der Waals surface area contributed by atoms with Crippen molar-refractivity contribution in [3.05, 3.63) is 29.4 Å². The van der Waals surface area contributed by atoms with E-state index < -0.39 is 6.10 Å². The molecule has 2 heterocycles. The van der Waals surface area contributed by atoms with E-state index in [1.165, 1.54) is 11.3 Å². The minimum Gasteiger partial charge on any atom is -0.386 e. The number of aliphatic hydroxyl groups excluding tert-OH is 1. The van der Waals surface area contributed by atoms with E-state index in [0.29, 0.717) is 11.4 Å². The summed E-state index contributed by atoms with van der Waals surface area (Å²) < 4.78 is 0. The minimum absolute atomic E-state index is 0.514. The Labute approximate surface area is 91.6 Å². The largest absolute Gasteiger partial charge is 0.386 e. The van der Waals surface area contributed by atoms with E-state index in [1.54, 1.807) is 6.20 Å². The van der Waals surface area contributed by atoms with Gasteiger partial charge in [0.2, 0.25) is 0 Å². The highest BCUT2D eigenvalue weighted by molar-refractivity contribution is 7.14. The number of rotatable bonds is 3. The van der Waals surface area contributed by atoms with Gasteiger partial charge in [-0.2, -0.15) is 0 Å². The lowest BCUT2D eigenvalue weighted by Gasteiger charge is -1.99. The molecule has 0 bridgehead atoms. The van der Waals surface area contributed by atoms with Crippen molar-refractivity contribution in [2.24, 2.45) is 0 Å². The van der Waals surface area contributed by atoms with Crippen LogP contribution in [-0.4, -0.2) is 20.3 Å². The molecule has 2 aromatic heterocycles. The second-order valence-corrected chi connectivity index (χ2v) is 4.09. The third kappa shape index (κ3) is 2.19. The Kier molecular flexibility index (Phi) is 3.03. The lowest BCUT2D eigenvalue weighted by Crippen LogP contribution is -1.93. The zero-order valence-corrected chi connectivity index (χ0v) is 9.11. The third-order valence-corrected chi connectivity index (χ3v) is 3.04. The van der Waals surface area contributed by atoms with Crippen molar-refractivity contribution >= 4 is 11.3 Å². The maximum Gasteiger partial charge on any atom is 0.166 e. The van der Waals surface area contributed by atoms with Crippen LogP contribution >= 0.6 is 11.3 Å². The summed E-state index contributed by atoms with van der Waals surface area (Å²) in [7, 11) is 0. The smallest absolute Gasteiger partial charge is 0.166 e. The van der Waals surface area contributed by atoms with Gasteiger partial charge in [0.15, 0.2) is 5.01 Å². The fourth-order valence-corrected chi connectivity index (χ4v) is 2.03.